The molecule has 0 aliphatic carbocycles. The second-order valence-corrected chi connectivity index (χ2v) is 5.80. The average molecular weight is 369 g/mol. The molecule has 25 heavy (non-hydrogen) atoms. The summed E-state index contributed by atoms with van der Waals surface area (Å²) >= 11 is 5.99. The summed E-state index contributed by atoms with van der Waals surface area (Å²) in [5, 5.41) is 3.69. The van der Waals surface area contributed by atoms with Crippen LogP contribution in [-0.4, -0.2) is 9.72 Å². The highest BCUT2D eigenvalue weighted by Crippen LogP contribution is 2.36. The van der Waals surface area contributed by atoms with E-state index in [0.717, 1.165) is 4.57 Å². The lowest BCUT2D eigenvalue weighted by Gasteiger charge is -2.17. The Hall–Kier alpha value is -2.54. The molecule has 2 aromatic heterocycles. The second-order valence-electron chi connectivity index (χ2n) is 5.39. The number of aromatic nitrogens is 2. The number of halogens is 4. The Bertz CT molecular complexity index is 1000. The second kappa shape index (κ2) is 6.40. The number of rotatable bonds is 3. The van der Waals surface area contributed by atoms with E-state index in [0.29, 0.717) is 17.7 Å². The molecular weight excluding hydrogens is 357 g/mol. The maximum absolute atomic E-state index is 14.4. The SMILES string of the molecule is CCn1c(-c2c(F)cc(F)cc2F)c(-c2nocc2C)cc(Cl)c1=O. The van der Waals surface area contributed by atoms with Crippen molar-refractivity contribution in [2.24, 2.45) is 0 Å². The topological polar surface area (TPSA) is 48.0 Å². The molecule has 0 spiro atoms. The van der Waals surface area contributed by atoms with E-state index in [2.05, 4.69) is 5.16 Å². The molecule has 130 valence electrons. The fourth-order valence-corrected chi connectivity index (χ4v) is 2.91. The quantitative estimate of drug-likeness (QED) is 0.680. The van der Waals surface area contributed by atoms with E-state index in [4.69, 9.17) is 16.1 Å². The van der Waals surface area contributed by atoms with Gasteiger partial charge in [0.15, 0.2) is 0 Å². The van der Waals surface area contributed by atoms with E-state index in [1.165, 1.54) is 12.3 Å². The molecule has 0 amide bonds. The van der Waals surface area contributed by atoms with Crippen LogP contribution >= 0.6 is 11.6 Å². The first-order valence-corrected chi connectivity index (χ1v) is 7.72. The number of hydrogen-bond donors (Lipinski definition) is 0. The number of hydrogen-bond acceptors (Lipinski definition) is 3. The van der Waals surface area contributed by atoms with Crippen molar-refractivity contribution in [2.75, 3.05) is 0 Å². The summed E-state index contributed by atoms with van der Waals surface area (Å²) in [6, 6.07) is 2.38. The molecule has 0 saturated carbocycles. The van der Waals surface area contributed by atoms with E-state index in [1.807, 2.05) is 0 Å². The van der Waals surface area contributed by atoms with Gasteiger partial charge in [-0.3, -0.25) is 4.79 Å². The summed E-state index contributed by atoms with van der Waals surface area (Å²) in [7, 11) is 0. The fourth-order valence-electron chi connectivity index (χ4n) is 2.70. The molecule has 0 aliphatic heterocycles. The zero-order valence-electron chi connectivity index (χ0n) is 13.2. The van der Waals surface area contributed by atoms with E-state index in [1.54, 1.807) is 13.8 Å². The Morgan fingerprint density at radius 2 is 1.84 bits per heavy atom. The molecule has 0 unspecified atom stereocenters. The maximum Gasteiger partial charge on any atom is 0.269 e. The Balaban J connectivity index is 2.50. The number of aryl methyl sites for hydroxylation is 1. The molecule has 3 rings (SSSR count). The van der Waals surface area contributed by atoms with Gasteiger partial charge in [0, 0.05) is 29.8 Å². The third kappa shape index (κ3) is 2.84. The zero-order valence-corrected chi connectivity index (χ0v) is 14.0. The summed E-state index contributed by atoms with van der Waals surface area (Å²) in [4.78, 5) is 12.4. The normalized spacial score (nSPS) is 11.1. The Morgan fingerprint density at radius 3 is 2.36 bits per heavy atom. The maximum atomic E-state index is 14.4. The van der Waals surface area contributed by atoms with E-state index >= 15 is 0 Å². The standard InChI is InChI=1S/C17H12ClF3N2O2/c1-3-23-16(14-12(20)4-9(19)5-13(14)21)10(6-11(18)17(23)24)15-8(2)7-25-22-15/h4-7H,3H2,1-2H3. The van der Waals surface area contributed by atoms with Crippen LogP contribution in [0.25, 0.3) is 22.5 Å². The lowest BCUT2D eigenvalue weighted by atomic mass is 9.99. The predicted octanol–water partition coefficient (Wildman–Crippen LogP) is 4.57. The molecule has 0 bridgehead atoms. The van der Waals surface area contributed by atoms with Crippen LogP contribution in [0.1, 0.15) is 12.5 Å². The van der Waals surface area contributed by atoms with Crippen LogP contribution in [0.3, 0.4) is 0 Å². The van der Waals surface area contributed by atoms with Crippen LogP contribution in [0.2, 0.25) is 5.02 Å². The van der Waals surface area contributed by atoms with Crippen molar-refractivity contribution in [3.05, 3.63) is 62.9 Å². The molecule has 0 radical (unpaired) electrons. The molecule has 4 nitrogen and oxygen atoms in total. The van der Waals surface area contributed by atoms with Gasteiger partial charge in [0.1, 0.15) is 34.4 Å². The summed E-state index contributed by atoms with van der Waals surface area (Å²) in [5.41, 5.74) is -0.156. The summed E-state index contributed by atoms with van der Waals surface area (Å²) in [6.45, 7) is 3.40. The molecule has 1 aromatic carbocycles. The Kier molecular flexibility index (Phi) is 4.43. The molecule has 0 aliphatic rings. The fraction of sp³-hybridized carbons (Fsp3) is 0.176. The minimum absolute atomic E-state index is 0.0797. The van der Waals surface area contributed by atoms with Gasteiger partial charge in [0.25, 0.3) is 5.56 Å². The van der Waals surface area contributed by atoms with Gasteiger partial charge in [-0.15, -0.1) is 0 Å². The first-order chi connectivity index (χ1) is 11.8. The lowest BCUT2D eigenvalue weighted by molar-refractivity contribution is 0.421. The smallest absolute Gasteiger partial charge is 0.269 e. The minimum atomic E-state index is -1.14. The molecule has 0 N–H and O–H groups in total. The Labute approximate surface area is 145 Å². The first-order valence-electron chi connectivity index (χ1n) is 7.34. The zero-order chi connectivity index (χ0) is 18.3. The van der Waals surface area contributed by atoms with Crippen molar-refractivity contribution in [2.45, 2.75) is 20.4 Å². The predicted molar refractivity (Wildman–Crippen MR) is 86.9 cm³/mol. The van der Waals surface area contributed by atoms with Gasteiger partial charge in [-0.2, -0.15) is 0 Å². The highest BCUT2D eigenvalue weighted by molar-refractivity contribution is 6.30. The molecule has 8 heteroatoms. The van der Waals surface area contributed by atoms with Crippen LogP contribution in [0.15, 0.2) is 33.8 Å². The van der Waals surface area contributed by atoms with Crippen molar-refractivity contribution in [1.82, 2.24) is 9.72 Å². The van der Waals surface area contributed by atoms with Gasteiger partial charge in [-0.1, -0.05) is 16.8 Å². The van der Waals surface area contributed by atoms with Crippen LogP contribution in [-0.2, 0) is 6.54 Å². The monoisotopic (exact) mass is 368 g/mol. The van der Waals surface area contributed by atoms with E-state index in [9.17, 15) is 18.0 Å². The molecule has 2 heterocycles. The number of benzene rings is 1. The summed E-state index contributed by atoms with van der Waals surface area (Å²) in [6.07, 6.45) is 1.35. The first kappa shape index (κ1) is 17.3. The molecular formula is C17H12ClF3N2O2. The summed E-state index contributed by atoms with van der Waals surface area (Å²) in [5.74, 6) is -3.33. The van der Waals surface area contributed by atoms with Crippen LogP contribution in [0.5, 0.6) is 0 Å². The Morgan fingerprint density at radius 1 is 1.20 bits per heavy atom. The van der Waals surface area contributed by atoms with Crippen LogP contribution in [0.4, 0.5) is 13.2 Å². The van der Waals surface area contributed by atoms with Crippen molar-refractivity contribution in [3.8, 4) is 22.5 Å². The van der Waals surface area contributed by atoms with Crippen molar-refractivity contribution in [1.29, 1.82) is 0 Å². The van der Waals surface area contributed by atoms with Gasteiger partial charge >= 0.3 is 0 Å². The van der Waals surface area contributed by atoms with Gasteiger partial charge in [-0.05, 0) is 19.9 Å². The molecule has 0 fully saturated rings. The molecule has 0 saturated heterocycles. The van der Waals surface area contributed by atoms with Gasteiger partial charge < -0.3 is 9.09 Å². The molecule has 0 atom stereocenters. The highest BCUT2D eigenvalue weighted by atomic mass is 35.5. The third-order valence-corrected chi connectivity index (χ3v) is 4.08. The van der Waals surface area contributed by atoms with Gasteiger partial charge in [-0.25, -0.2) is 13.2 Å². The number of nitrogens with zero attached hydrogens (tertiary/aromatic N) is 2. The van der Waals surface area contributed by atoms with Crippen molar-refractivity contribution < 1.29 is 17.7 Å². The van der Waals surface area contributed by atoms with Crippen LogP contribution < -0.4 is 5.56 Å². The minimum Gasteiger partial charge on any atom is -0.364 e. The van der Waals surface area contributed by atoms with E-state index in [-0.39, 0.29) is 28.5 Å². The highest BCUT2D eigenvalue weighted by Gasteiger charge is 2.25. The average Bonchev–Trinajstić information content (AvgIpc) is 2.95. The van der Waals surface area contributed by atoms with Gasteiger partial charge in [0.05, 0.1) is 11.3 Å². The van der Waals surface area contributed by atoms with Crippen molar-refractivity contribution in [3.63, 3.8) is 0 Å². The van der Waals surface area contributed by atoms with E-state index < -0.39 is 28.6 Å². The lowest BCUT2D eigenvalue weighted by Crippen LogP contribution is -2.23. The van der Waals surface area contributed by atoms with Gasteiger partial charge in [0.2, 0.25) is 0 Å². The molecule has 3 aromatic rings. The van der Waals surface area contributed by atoms with Crippen molar-refractivity contribution >= 4 is 11.6 Å². The summed E-state index contributed by atoms with van der Waals surface area (Å²) < 4.78 is 48.1. The number of pyridine rings is 1. The largest absolute Gasteiger partial charge is 0.364 e. The van der Waals surface area contributed by atoms with Crippen LogP contribution in [0, 0.1) is 24.4 Å². The third-order valence-electron chi connectivity index (χ3n) is 3.81.